The Morgan fingerprint density at radius 2 is 2.10 bits per heavy atom. The first-order valence-electron chi connectivity index (χ1n) is 6.28. The first kappa shape index (κ1) is 15.3. The number of aliphatic carboxylic acids is 1. The van der Waals surface area contributed by atoms with Gasteiger partial charge in [0.25, 0.3) is 0 Å². The number of nitrogens with one attached hydrogen (secondary N) is 1. The third-order valence-electron chi connectivity index (χ3n) is 3.42. The van der Waals surface area contributed by atoms with Gasteiger partial charge in [0.15, 0.2) is 0 Å². The molecule has 2 rings (SSSR count). The number of benzene rings is 1. The van der Waals surface area contributed by atoms with Gasteiger partial charge in [-0.1, -0.05) is 6.07 Å². The highest BCUT2D eigenvalue weighted by Crippen LogP contribution is 2.21. The molecule has 0 bridgehead atoms. The van der Waals surface area contributed by atoms with Crippen LogP contribution in [0.3, 0.4) is 0 Å². The maximum Gasteiger partial charge on any atom is 0.323 e. The summed E-state index contributed by atoms with van der Waals surface area (Å²) in [6.07, 6.45) is 0. The van der Waals surface area contributed by atoms with E-state index in [-0.39, 0.29) is 12.5 Å². The molecule has 0 aliphatic heterocycles. The van der Waals surface area contributed by atoms with E-state index in [2.05, 4.69) is 14.1 Å². The second-order valence-corrected chi connectivity index (χ2v) is 5.73. The van der Waals surface area contributed by atoms with E-state index in [4.69, 9.17) is 5.11 Å². The predicted molar refractivity (Wildman–Crippen MR) is 80.4 cm³/mol. The lowest BCUT2D eigenvalue weighted by Crippen LogP contribution is -2.50. The van der Waals surface area contributed by atoms with E-state index in [9.17, 15) is 9.59 Å². The standard InChI is InChI=1S/C13H16N4O3S/c1-13(2,12(19)20)17(3)7-10(18)14-8-5-4-6-9-11(8)16-21-15-9/h4-6H,7H2,1-3H3,(H,14,18)(H,19,20). The lowest BCUT2D eigenvalue weighted by atomic mass is 10.0. The van der Waals surface area contributed by atoms with Crippen LogP contribution >= 0.6 is 11.7 Å². The van der Waals surface area contributed by atoms with Crippen LogP contribution in [-0.2, 0) is 9.59 Å². The SMILES string of the molecule is CN(CC(=O)Nc1cccc2nsnc12)C(C)(C)C(=O)O. The second kappa shape index (κ2) is 5.74. The van der Waals surface area contributed by atoms with Crippen molar-refractivity contribution in [1.29, 1.82) is 0 Å². The number of rotatable bonds is 5. The fourth-order valence-corrected chi connectivity index (χ4v) is 2.22. The molecular formula is C13H16N4O3S. The Kier molecular flexibility index (Phi) is 4.19. The number of hydrogen-bond acceptors (Lipinski definition) is 6. The summed E-state index contributed by atoms with van der Waals surface area (Å²) in [5, 5.41) is 11.9. The second-order valence-electron chi connectivity index (χ2n) is 5.21. The van der Waals surface area contributed by atoms with Crippen LogP contribution in [0.2, 0.25) is 0 Å². The Bertz CT molecular complexity index is 683. The van der Waals surface area contributed by atoms with Gasteiger partial charge < -0.3 is 10.4 Å². The van der Waals surface area contributed by atoms with Gasteiger partial charge in [-0.05, 0) is 33.0 Å². The zero-order chi connectivity index (χ0) is 15.6. The molecule has 0 saturated carbocycles. The van der Waals surface area contributed by atoms with Gasteiger partial charge in [0, 0.05) is 0 Å². The zero-order valence-electron chi connectivity index (χ0n) is 12.0. The van der Waals surface area contributed by atoms with Crippen molar-refractivity contribution < 1.29 is 14.7 Å². The molecule has 0 fully saturated rings. The summed E-state index contributed by atoms with van der Waals surface area (Å²) >= 11 is 1.08. The summed E-state index contributed by atoms with van der Waals surface area (Å²) in [7, 11) is 1.60. The number of likely N-dealkylation sites (N-methyl/N-ethyl adjacent to an activating group) is 1. The van der Waals surface area contributed by atoms with Crippen LogP contribution in [0.15, 0.2) is 18.2 Å². The highest BCUT2D eigenvalue weighted by atomic mass is 32.1. The molecule has 2 N–H and O–H groups in total. The average Bonchev–Trinajstić information content (AvgIpc) is 2.87. The number of anilines is 1. The van der Waals surface area contributed by atoms with E-state index in [0.717, 1.165) is 17.2 Å². The van der Waals surface area contributed by atoms with Gasteiger partial charge in [-0.3, -0.25) is 14.5 Å². The van der Waals surface area contributed by atoms with Crippen molar-refractivity contribution in [3.63, 3.8) is 0 Å². The Labute approximate surface area is 125 Å². The minimum Gasteiger partial charge on any atom is -0.480 e. The Morgan fingerprint density at radius 3 is 2.76 bits per heavy atom. The van der Waals surface area contributed by atoms with Gasteiger partial charge in [0.05, 0.1) is 24.0 Å². The van der Waals surface area contributed by atoms with Crippen molar-refractivity contribution >= 4 is 40.3 Å². The molecule has 0 aliphatic carbocycles. The topological polar surface area (TPSA) is 95.4 Å². The number of carboxylic acid groups (broad SMARTS) is 1. The largest absolute Gasteiger partial charge is 0.480 e. The Morgan fingerprint density at radius 1 is 1.38 bits per heavy atom. The summed E-state index contributed by atoms with van der Waals surface area (Å²) in [4.78, 5) is 24.7. The van der Waals surface area contributed by atoms with Gasteiger partial charge in [0.1, 0.15) is 16.6 Å². The highest BCUT2D eigenvalue weighted by Gasteiger charge is 2.33. The molecule has 7 nitrogen and oxygen atoms in total. The van der Waals surface area contributed by atoms with E-state index >= 15 is 0 Å². The van der Waals surface area contributed by atoms with Gasteiger partial charge in [-0.15, -0.1) is 0 Å². The lowest BCUT2D eigenvalue weighted by molar-refractivity contribution is -0.148. The molecular weight excluding hydrogens is 292 g/mol. The number of hydrogen-bond donors (Lipinski definition) is 2. The highest BCUT2D eigenvalue weighted by molar-refractivity contribution is 7.00. The minimum atomic E-state index is -1.12. The first-order chi connectivity index (χ1) is 9.82. The molecule has 1 aromatic heterocycles. The van der Waals surface area contributed by atoms with E-state index in [1.54, 1.807) is 33.0 Å². The minimum absolute atomic E-state index is 0.0345. The maximum atomic E-state index is 12.1. The van der Waals surface area contributed by atoms with Gasteiger partial charge >= 0.3 is 5.97 Å². The molecule has 8 heteroatoms. The van der Waals surface area contributed by atoms with Crippen molar-refractivity contribution in [2.24, 2.45) is 0 Å². The molecule has 0 unspecified atom stereocenters. The smallest absolute Gasteiger partial charge is 0.323 e. The number of carboxylic acids is 1. The molecule has 0 saturated heterocycles. The quantitative estimate of drug-likeness (QED) is 0.867. The Hall–Kier alpha value is -2.06. The van der Waals surface area contributed by atoms with Crippen molar-refractivity contribution in [2.75, 3.05) is 18.9 Å². The number of amides is 1. The number of carbonyl (C=O) groups is 2. The van der Waals surface area contributed by atoms with Crippen LogP contribution in [0.5, 0.6) is 0 Å². The van der Waals surface area contributed by atoms with E-state index in [0.29, 0.717) is 11.2 Å². The monoisotopic (exact) mass is 308 g/mol. The number of nitrogens with zero attached hydrogens (tertiary/aromatic N) is 3. The molecule has 1 heterocycles. The van der Waals surface area contributed by atoms with E-state index in [1.807, 2.05) is 6.07 Å². The van der Waals surface area contributed by atoms with Crippen LogP contribution in [-0.4, -0.2) is 49.8 Å². The molecule has 0 spiro atoms. The number of carbonyl (C=O) groups excluding carboxylic acids is 1. The number of fused-ring (bicyclic) bond motifs is 1. The molecule has 1 aromatic carbocycles. The van der Waals surface area contributed by atoms with Crippen molar-refractivity contribution in [1.82, 2.24) is 13.6 Å². The summed E-state index contributed by atoms with van der Waals surface area (Å²) in [5.74, 6) is -1.28. The van der Waals surface area contributed by atoms with Crippen LogP contribution in [0, 0.1) is 0 Å². The first-order valence-corrected chi connectivity index (χ1v) is 7.01. The number of aromatic nitrogens is 2. The third-order valence-corrected chi connectivity index (χ3v) is 3.96. The van der Waals surface area contributed by atoms with Crippen molar-refractivity contribution in [3.8, 4) is 0 Å². The van der Waals surface area contributed by atoms with Crippen LogP contribution in [0.1, 0.15) is 13.8 Å². The van der Waals surface area contributed by atoms with Gasteiger partial charge in [-0.25, -0.2) is 0 Å². The molecule has 0 radical (unpaired) electrons. The summed E-state index contributed by atoms with van der Waals surface area (Å²) in [6, 6.07) is 5.34. The predicted octanol–water partition coefficient (Wildman–Crippen LogP) is 1.42. The zero-order valence-corrected chi connectivity index (χ0v) is 12.8. The van der Waals surface area contributed by atoms with Crippen molar-refractivity contribution in [2.45, 2.75) is 19.4 Å². The molecule has 2 aromatic rings. The molecule has 1 amide bonds. The fourth-order valence-electron chi connectivity index (χ4n) is 1.67. The fraction of sp³-hybridized carbons (Fsp3) is 0.385. The molecule has 112 valence electrons. The van der Waals surface area contributed by atoms with Gasteiger partial charge in [0.2, 0.25) is 5.91 Å². The maximum absolute atomic E-state index is 12.1. The summed E-state index contributed by atoms with van der Waals surface area (Å²) in [6.45, 7) is 3.06. The Balaban J connectivity index is 2.09. The molecule has 0 aliphatic rings. The van der Waals surface area contributed by atoms with Crippen LogP contribution < -0.4 is 5.32 Å². The van der Waals surface area contributed by atoms with Crippen LogP contribution in [0.4, 0.5) is 5.69 Å². The summed E-state index contributed by atoms with van der Waals surface area (Å²) in [5.41, 5.74) is 0.812. The summed E-state index contributed by atoms with van der Waals surface area (Å²) < 4.78 is 8.24. The van der Waals surface area contributed by atoms with Crippen LogP contribution in [0.25, 0.3) is 11.0 Å². The van der Waals surface area contributed by atoms with E-state index < -0.39 is 11.5 Å². The molecule has 21 heavy (non-hydrogen) atoms. The van der Waals surface area contributed by atoms with E-state index in [1.165, 1.54) is 4.90 Å². The normalized spacial score (nSPS) is 11.8. The van der Waals surface area contributed by atoms with Crippen molar-refractivity contribution in [3.05, 3.63) is 18.2 Å². The lowest BCUT2D eigenvalue weighted by Gasteiger charge is -2.30. The van der Waals surface area contributed by atoms with Gasteiger partial charge in [-0.2, -0.15) is 8.75 Å². The third kappa shape index (κ3) is 3.17. The average molecular weight is 308 g/mol. The molecule has 0 atom stereocenters.